The Morgan fingerprint density at radius 3 is 2.30 bits per heavy atom. The molecule has 0 heterocycles. The second-order valence-electron chi connectivity index (χ2n) is 5.86. The summed E-state index contributed by atoms with van der Waals surface area (Å²) < 4.78 is 14.1. The van der Waals surface area contributed by atoms with E-state index in [1.165, 1.54) is 49.8 Å². The van der Waals surface area contributed by atoms with Crippen LogP contribution in [0.2, 0.25) is 0 Å². The van der Waals surface area contributed by atoms with E-state index in [9.17, 15) is 9.18 Å². The molecule has 122 valence electrons. The molecule has 0 saturated carbocycles. The Kier molecular flexibility index (Phi) is 6.33. The molecule has 2 aromatic rings. The molecule has 0 aliphatic rings. The molecular formula is C20H23FO2. The molecule has 0 amide bonds. The van der Waals surface area contributed by atoms with Crippen molar-refractivity contribution < 1.29 is 14.3 Å². The maximum absolute atomic E-state index is 14.1. The van der Waals surface area contributed by atoms with E-state index in [4.69, 9.17) is 5.11 Å². The Hall–Kier alpha value is -2.16. The molecule has 0 aliphatic heterocycles. The van der Waals surface area contributed by atoms with E-state index in [1.807, 2.05) is 24.3 Å². The molecule has 0 spiro atoms. The van der Waals surface area contributed by atoms with E-state index in [0.717, 1.165) is 18.1 Å². The van der Waals surface area contributed by atoms with E-state index >= 15 is 0 Å². The molecule has 0 aromatic heterocycles. The maximum Gasteiger partial charge on any atom is 0.335 e. The highest BCUT2D eigenvalue weighted by Crippen LogP contribution is 2.24. The van der Waals surface area contributed by atoms with Crippen LogP contribution in [-0.4, -0.2) is 11.1 Å². The first-order valence-corrected chi connectivity index (χ1v) is 8.24. The Labute approximate surface area is 137 Å². The van der Waals surface area contributed by atoms with Gasteiger partial charge in [-0.25, -0.2) is 9.18 Å². The van der Waals surface area contributed by atoms with E-state index in [-0.39, 0.29) is 5.56 Å². The predicted octanol–water partition coefficient (Wildman–Crippen LogP) is 5.70. The topological polar surface area (TPSA) is 37.3 Å². The number of hydrogen-bond acceptors (Lipinski definition) is 1. The number of carbonyl (C=O) groups is 1. The lowest BCUT2D eigenvalue weighted by molar-refractivity contribution is 0.0696. The Bertz CT molecular complexity index is 647. The molecule has 2 nitrogen and oxygen atoms in total. The summed E-state index contributed by atoms with van der Waals surface area (Å²) in [6, 6.07) is 11.9. The minimum absolute atomic E-state index is 0.0325. The van der Waals surface area contributed by atoms with Gasteiger partial charge in [-0.05, 0) is 36.1 Å². The van der Waals surface area contributed by atoms with Gasteiger partial charge in [0, 0.05) is 5.56 Å². The van der Waals surface area contributed by atoms with E-state index in [0.29, 0.717) is 5.56 Å². The van der Waals surface area contributed by atoms with Crippen LogP contribution in [0.25, 0.3) is 11.1 Å². The molecule has 2 rings (SSSR count). The van der Waals surface area contributed by atoms with Crippen LogP contribution in [0.3, 0.4) is 0 Å². The fourth-order valence-electron chi connectivity index (χ4n) is 2.67. The third kappa shape index (κ3) is 4.92. The molecule has 0 atom stereocenters. The zero-order valence-electron chi connectivity index (χ0n) is 13.5. The molecule has 0 fully saturated rings. The quantitative estimate of drug-likeness (QED) is 0.634. The Balaban J connectivity index is 2.00. The largest absolute Gasteiger partial charge is 0.478 e. The number of carboxylic acids is 1. The number of benzene rings is 2. The van der Waals surface area contributed by atoms with Crippen molar-refractivity contribution in [2.45, 2.75) is 45.4 Å². The van der Waals surface area contributed by atoms with Crippen LogP contribution in [0.15, 0.2) is 42.5 Å². The summed E-state index contributed by atoms with van der Waals surface area (Å²) in [6.07, 6.45) is 7.31. The van der Waals surface area contributed by atoms with Crippen LogP contribution >= 0.6 is 0 Å². The summed E-state index contributed by atoms with van der Waals surface area (Å²) in [4.78, 5) is 10.8. The lowest BCUT2D eigenvalue weighted by Crippen LogP contribution is -1.97. The van der Waals surface area contributed by atoms with Gasteiger partial charge in [-0.15, -0.1) is 0 Å². The predicted molar refractivity (Wildman–Crippen MR) is 91.3 cm³/mol. The minimum atomic E-state index is -1.12. The van der Waals surface area contributed by atoms with Crippen LogP contribution in [-0.2, 0) is 6.42 Å². The molecule has 0 bridgehead atoms. The molecule has 2 aromatic carbocycles. The van der Waals surface area contributed by atoms with Gasteiger partial charge in [0.15, 0.2) is 0 Å². The number of rotatable bonds is 8. The lowest BCUT2D eigenvalue weighted by atomic mass is 9.99. The number of unbranched alkanes of at least 4 members (excludes halogenated alkanes) is 4. The zero-order valence-corrected chi connectivity index (χ0v) is 13.5. The average Bonchev–Trinajstić information content (AvgIpc) is 2.55. The summed E-state index contributed by atoms with van der Waals surface area (Å²) in [5.74, 6) is -1.62. The summed E-state index contributed by atoms with van der Waals surface area (Å²) in [5.41, 5.74) is 2.43. The smallest absolute Gasteiger partial charge is 0.335 e. The Morgan fingerprint density at radius 1 is 1.00 bits per heavy atom. The summed E-state index contributed by atoms with van der Waals surface area (Å²) >= 11 is 0. The van der Waals surface area contributed by atoms with Crippen LogP contribution < -0.4 is 0 Å². The fourth-order valence-corrected chi connectivity index (χ4v) is 2.67. The van der Waals surface area contributed by atoms with Crippen LogP contribution in [0.5, 0.6) is 0 Å². The molecule has 23 heavy (non-hydrogen) atoms. The van der Waals surface area contributed by atoms with Crippen molar-refractivity contribution in [1.82, 2.24) is 0 Å². The van der Waals surface area contributed by atoms with Crippen molar-refractivity contribution >= 4 is 5.97 Å². The van der Waals surface area contributed by atoms with Crippen LogP contribution in [0.1, 0.15) is 54.9 Å². The second-order valence-corrected chi connectivity index (χ2v) is 5.86. The SMILES string of the molecule is CCCCCCCc1ccc(-c2ccc(C(=O)O)cc2F)cc1. The van der Waals surface area contributed by atoms with Gasteiger partial charge >= 0.3 is 5.97 Å². The lowest BCUT2D eigenvalue weighted by Gasteiger charge is -2.07. The van der Waals surface area contributed by atoms with Crippen molar-refractivity contribution in [1.29, 1.82) is 0 Å². The van der Waals surface area contributed by atoms with Gasteiger partial charge in [0.25, 0.3) is 0 Å². The average molecular weight is 314 g/mol. The van der Waals surface area contributed by atoms with Gasteiger partial charge in [-0.3, -0.25) is 0 Å². The van der Waals surface area contributed by atoms with Crippen molar-refractivity contribution in [3.8, 4) is 11.1 Å². The molecule has 1 N–H and O–H groups in total. The number of aryl methyl sites for hydroxylation is 1. The standard InChI is InChI=1S/C20H23FO2/c1-2-3-4-5-6-7-15-8-10-16(11-9-15)18-13-12-17(20(22)23)14-19(18)21/h8-14H,2-7H2,1H3,(H,22,23). The van der Waals surface area contributed by atoms with Crippen molar-refractivity contribution in [3.05, 3.63) is 59.4 Å². The summed E-state index contributed by atoms with van der Waals surface area (Å²) in [6.45, 7) is 2.21. The third-order valence-electron chi connectivity index (χ3n) is 4.05. The van der Waals surface area contributed by atoms with Gasteiger partial charge in [0.05, 0.1) is 5.56 Å². The molecule has 0 unspecified atom stereocenters. The molecular weight excluding hydrogens is 291 g/mol. The van der Waals surface area contributed by atoms with Gasteiger partial charge in [0.2, 0.25) is 0 Å². The maximum atomic E-state index is 14.1. The number of aromatic carboxylic acids is 1. The summed E-state index contributed by atoms with van der Waals surface area (Å²) in [7, 11) is 0. The second kappa shape index (κ2) is 8.47. The van der Waals surface area contributed by atoms with Crippen LogP contribution in [0.4, 0.5) is 4.39 Å². The van der Waals surface area contributed by atoms with E-state index in [2.05, 4.69) is 6.92 Å². The number of carboxylic acid groups (broad SMARTS) is 1. The molecule has 3 heteroatoms. The highest BCUT2D eigenvalue weighted by molar-refractivity contribution is 5.88. The minimum Gasteiger partial charge on any atom is -0.478 e. The first-order valence-electron chi connectivity index (χ1n) is 8.24. The van der Waals surface area contributed by atoms with Crippen molar-refractivity contribution in [3.63, 3.8) is 0 Å². The first kappa shape index (κ1) is 17.2. The van der Waals surface area contributed by atoms with Gasteiger partial charge in [-0.2, -0.15) is 0 Å². The zero-order chi connectivity index (χ0) is 16.7. The number of halogens is 1. The monoisotopic (exact) mass is 314 g/mol. The first-order chi connectivity index (χ1) is 11.1. The highest BCUT2D eigenvalue weighted by Gasteiger charge is 2.09. The number of hydrogen-bond donors (Lipinski definition) is 1. The van der Waals surface area contributed by atoms with E-state index < -0.39 is 11.8 Å². The van der Waals surface area contributed by atoms with Gasteiger partial charge < -0.3 is 5.11 Å². The Morgan fingerprint density at radius 2 is 1.70 bits per heavy atom. The van der Waals surface area contributed by atoms with Crippen molar-refractivity contribution in [2.75, 3.05) is 0 Å². The highest BCUT2D eigenvalue weighted by atomic mass is 19.1. The van der Waals surface area contributed by atoms with E-state index in [1.54, 1.807) is 0 Å². The molecule has 0 saturated heterocycles. The summed E-state index contributed by atoms with van der Waals surface area (Å²) in [5, 5.41) is 8.88. The van der Waals surface area contributed by atoms with Gasteiger partial charge in [0.1, 0.15) is 5.82 Å². The molecule has 0 radical (unpaired) electrons. The third-order valence-corrected chi connectivity index (χ3v) is 4.05. The fraction of sp³-hybridized carbons (Fsp3) is 0.350. The molecule has 0 aliphatic carbocycles. The van der Waals surface area contributed by atoms with Gasteiger partial charge in [-0.1, -0.05) is 62.9 Å². The van der Waals surface area contributed by atoms with Crippen LogP contribution in [0, 0.1) is 5.82 Å². The normalized spacial score (nSPS) is 10.7. The van der Waals surface area contributed by atoms with Crippen molar-refractivity contribution in [2.24, 2.45) is 0 Å².